The van der Waals surface area contributed by atoms with Gasteiger partial charge in [-0.05, 0) is 17.7 Å². The molecule has 0 saturated carbocycles. The number of benzene rings is 1. The lowest BCUT2D eigenvalue weighted by Crippen LogP contribution is -2.49. The molecular weight excluding hydrogens is 430 g/mol. The van der Waals surface area contributed by atoms with Crippen LogP contribution in [0, 0.1) is 0 Å². The molecule has 1 aromatic carbocycles. The van der Waals surface area contributed by atoms with Crippen LogP contribution < -0.4 is 4.90 Å². The number of anilines is 1. The Labute approximate surface area is 176 Å². The van der Waals surface area contributed by atoms with Gasteiger partial charge in [-0.3, -0.25) is 4.90 Å². The van der Waals surface area contributed by atoms with Crippen molar-refractivity contribution in [2.75, 3.05) is 38.2 Å². The molecule has 0 spiro atoms. The Morgan fingerprint density at radius 2 is 1.79 bits per heavy atom. The van der Waals surface area contributed by atoms with Crippen LogP contribution in [0.3, 0.4) is 0 Å². The van der Waals surface area contributed by atoms with E-state index in [0.717, 1.165) is 12.3 Å². The van der Waals surface area contributed by atoms with Crippen LogP contribution in [0.25, 0.3) is 0 Å². The third-order valence-corrected chi connectivity index (χ3v) is 5.37. The first kappa shape index (κ1) is 21.7. The summed E-state index contributed by atoms with van der Waals surface area (Å²) in [6.07, 6.45) is -3.73. The number of esters is 1. The maximum atomic E-state index is 12.8. The molecule has 29 heavy (non-hydrogen) atoms. The third kappa shape index (κ3) is 4.76. The Balaban J connectivity index is 1.77. The summed E-state index contributed by atoms with van der Waals surface area (Å²) in [6, 6.07) is 7.24. The van der Waals surface area contributed by atoms with E-state index in [1.54, 1.807) is 29.2 Å². The van der Waals surface area contributed by atoms with Crippen molar-refractivity contribution in [2.24, 2.45) is 0 Å². The third-order valence-electron chi connectivity index (χ3n) is 4.75. The van der Waals surface area contributed by atoms with E-state index in [-0.39, 0.29) is 10.8 Å². The summed E-state index contributed by atoms with van der Waals surface area (Å²) in [7, 11) is 1.31. The van der Waals surface area contributed by atoms with Crippen molar-refractivity contribution < 1.29 is 22.7 Å². The normalized spacial score (nSPS) is 16.6. The van der Waals surface area contributed by atoms with Gasteiger partial charge in [0.15, 0.2) is 0 Å². The molecule has 1 aliphatic heterocycles. The van der Waals surface area contributed by atoms with Gasteiger partial charge in [-0.1, -0.05) is 41.4 Å². The Kier molecular flexibility index (Phi) is 6.55. The van der Waals surface area contributed by atoms with E-state index in [1.165, 1.54) is 7.11 Å². The summed E-state index contributed by atoms with van der Waals surface area (Å²) < 4.78 is 43.4. The summed E-state index contributed by atoms with van der Waals surface area (Å²) in [5.41, 5.74) is -0.255. The fourth-order valence-corrected chi connectivity index (χ4v) is 3.82. The molecule has 3 rings (SSSR count). The zero-order valence-electron chi connectivity index (χ0n) is 15.4. The number of hydrogen-bond donors (Lipinski definition) is 0. The minimum absolute atomic E-state index is 0.0658. The van der Waals surface area contributed by atoms with Crippen LogP contribution in [-0.4, -0.2) is 49.1 Å². The molecule has 0 aliphatic carbocycles. The zero-order chi connectivity index (χ0) is 21.2. The molecule has 2 heterocycles. The van der Waals surface area contributed by atoms with Crippen molar-refractivity contribution in [3.05, 3.63) is 57.7 Å². The van der Waals surface area contributed by atoms with Gasteiger partial charge in [0.25, 0.3) is 0 Å². The van der Waals surface area contributed by atoms with Crippen molar-refractivity contribution in [3.8, 4) is 0 Å². The molecule has 5 nitrogen and oxygen atoms in total. The maximum absolute atomic E-state index is 12.8. The van der Waals surface area contributed by atoms with Gasteiger partial charge in [0, 0.05) is 37.4 Å². The summed E-state index contributed by atoms with van der Waals surface area (Å²) in [6.45, 7) is 1.75. The lowest BCUT2D eigenvalue weighted by Gasteiger charge is -2.39. The smallest absolute Gasteiger partial charge is 0.417 e. The molecule has 1 atom stereocenters. The number of pyridine rings is 1. The van der Waals surface area contributed by atoms with E-state index < -0.39 is 23.8 Å². The summed E-state index contributed by atoms with van der Waals surface area (Å²) in [4.78, 5) is 20.0. The van der Waals surface area contributed by atoms with E-state index >= 15 is 0 Å². The number of carbonyl (C=O) groups excluding carboxylic acids is 1. The van der Waals surface area contributed by atoms with E-state index in [2.05, 4.69) is 4.98 Å². The van der Waals surface area contributed by atoms with Gasteiger partial charge in [0.2, 0.25) is 0 Å². The zero-order valence-corrected chi connectivity index (χ0v) is 16.9. The number of halogens is 5. The molecule has 1 saturated heterocycles. The number of ether oxygens (including phenoxy) is 1. The van der Waals surface area contributed by atoms with Crippen molar-refractivity contribution >= 4 is 35.0 Å². The number of piperazine rings is 1. The molecule has 1 aromatic heterocycles. The SMILES string of the molecule is COC(=O)[C@H](c1ccccc1Cl)N1CCN(c2ncc(C(F)(F)F)cc2Cl)CC1. The summed E-state index contributed by atoms with van der Waals surface area (Å²) in [5.74, 6) is -0.149. The lowest BCUT2D eigenvalue weighted by atomic mass is 10.0. The van der Waals surface area contributed by atoms with Gasteiger partial charge in [0.05, 0.1) is 17.7 Å². The fourth-order valence-electron chi connectivity index (χ4n) is 3.29. The number of hydrogen-bond acceptors (Lipinski definition) is 5. The second-order valence-electron chi connectivity index (χ2n) is 6.50. The van der Waals surface area contributed by atoms with Crippen LogP contribution in [0.5, 0.6) is 0 Å². The first-order valence-electron chi connectivity index (χ1n) is 8.76. The molecular formula is C19H18Cl2F3N3O2. The predicted molar refractivity (Wildman–Crippen MR) is 104 cm³/mol. The largest absolute Gasteiger partial charge is 0.468 e. The van der Waals surface area contributed by atoms with Crippen LogP contribution in [0.2, 0.25) is 10.0 Å². The van der Waals surface area contributed by atoms with Gasteiger partial charge in [-0.25, -0.2) is 9.78 Å². The summed E-state index contributed by atoms with van der Waals surface area (Å²) >= 11 is 12.3. The van der Waals surface area contributed by atoms with E-state index in [4.69, 9.17) is 27.9 Å². The van der Waals surface area contributed by atoms with E-state index in [0.29, 0.717) is 36.8 Å². The first-order valence-corrected chi connectivity index (χ1v) is 9.52. The highest BCUT2D eigenvalue weighted by Crippen LogP contribution is 2.35. The monoisotopic (exact) mass is 447 g/mol. The van der Waals surface area contributed by atoms with Crippen molar-refractivity contribution in [1.29, 1.82) is 0 Å². The highest BCUT2D eigenvalue weighted by molar-refractivity contribution is 6.33. The molecule has 0 radical (unpaired) electrons. The van der Waals surface area contributed by atoms with Gasteiger partial charge >= 0.3 is 12.1 Å². The number of methoxy groups -OCH3 is 1. The predicted octanol–water partition coefficient (Wildman–Crippen LogP) is 4.44. The van der Waals surface area contributed by atoms with Gasteiger partial charge in [-0.15, -0.1) is 0 Å². The van der Waals surface area contributed by atoms with Gasteiger partial charge in [-0.2, -0.15) is 13.2 Å². The number of aromatic nitrogens is 1. The summed E-state index contributed by atoms with van der Waals surface area (Å²) in [5, 5.41) is 0.390. The Morgan fingerprint density at radius 1 is 1.14 bits per heavy atom. The number of carbonyl (C=O) groups is 1. The number of alkyl halides is 3. The molecule has 2 aromatic rings. The molecule has 1 fully saturated rings. The average molecular weight is 448 g/mol. The Morgan fingerprint density at radius 3 is 2.34 bits per heavy atom. The van der Waals surface area contributed by atoms with Crippen LogP contribution in [0.4, 0.5) is 19.0 Å². The van der Waals surface area contributed by atoms with Crippen molar-refractivity contribution in [3.63, 3.8) is 0 Å². The van der Waals surface area contributed by atoms with Gasteiger partial charge in [0.1, 0.15) is 11.9 Å². The molecule has 0 unspecified atom stereocenters. The number of rotatable bonds is 4. The molecule has 0 amide bonds. The standard InChI is InChI=1S/C19H18Cl2F3N3O2/c1-29-18(28)16(13-4-2-3-5-14(13)20)26-6-8-27(9-7-26)17-15(21)10-12(11-25-17)19(22,23)24/h2-5,10-11,16H,6-9H2,1H3/t16-/m0/s1. The van der Waals surface area contributed by atoms with Crippen LogP contribution in [0.15, 0.2) is 36.5 Å². The van der Waals surface area contributed by atoms with Crippen LogP contribution in [0.1, 0.15) is 17.2 Å². The fraction of sp³-hybridized carbons (Fsp3) is 0.368. The Hall–Kier alpha value is -2.03. The van der Waals surface area contributed by atoms with Crippen molar-refractivity contribution in [1.82, 2.24) is 9.88 Å². The number of nitrogens with zero attached hydrogens (tertiary/aromatic N) is 3. The maximum Gasteiger partial charge on any atom is 0.417 e. The molecule has 10 heteroatoms. The quantitative estimate of drug-likeness (QED) is 0.648. The van der Waals surface area contributed by atoms with E-state index in [1.807, 2.05) is 4.90 Å². The lowest BCUT2D eigenvalue weighted by molar-refractivity contribution is -0.147. The molecule has 0 bridgehead atoms. The topological polar surface area (TPSA) is 45.7 Å². The minimum Gasteiger partial charge on any atom is -0.468 e. The minimum atomic E-state index is -4.50. The van der Waals surface area contributed by atoms with Crippen molar-refractivity contribution in [2.45, 2.75) is 12.2 Å². The average Bonchev–Trinajstić information content (AvgIpc) is 2.69. The first-order chi connectivity index (χ1) is 13.7. The van der Waals surface area contributed by atoms with E-state index in [9.17, 15) is 18.0 Å². The molecule has 156 valence electrons. The van der Waals surface area contributed by atoms with Gasteiger partial charge < -0.3 is 9.64 Å². The molecule has 0 N–H and O–H groups in total. The van der Waals surface area contributed by atoms with Crippen LogP contribution >= 0.6 is 23.2 Å². The second kappa shape index (κ2) is 8.77. The van der Waals surface area contributed by atoms with Crippen LogP contribution in [-0.2, 0) is 15.7 Å². The Bertz CT molecular complexity index is 887. The highest BCUT2D eigenvalue weighted by Gasteiger charge is 2.34. The molecule has 1 aliphatic rings. The second-order valence-corrected chi connectivity index (χ2v) is 7.31. The highest BCUT2D eigenvalue weighted by atomic mass is 35.5.